The van der Waals surface area contributed by atoms with Gasteiger partial charge in [0.05, 0.1) is 34.6 Å². The van der Waals surface area contributed by atoms with E-state index in [1.807, 2.05) is 51.1 Å². The van der Waals surface area contributed by atoms with Crippen LogP contribution in [0.5, 0.6) is 0 Å². The average molecular weight is 844 g/mol. The molecule has 5 heterocycles. The topological polar surface area (TPSA) is 140 Å². The molecule has 2 fully saturated rings. The first-order valence-corrected chi connectivity index (χ1v) is 23.4. The molecule has 1 atom stereocenters. The number of aromatic nitrogens is 4. The number of ether oxygens (including phenoxy) is 1. The number of imidazole rings is 1. The van der Waals surface area contributed by atoms with Crippen molar-refractivity contribution in [3.05, 3.63) is 116 Å². The molecule has 0 spiro atoms. The number of amides is 1. The van der Waals surface area contributed by atoms with Gasteiger partial charge < -0.3 is 23.9 Å². The van der Waals surface area contributed by atoms with Gasteiger partial charge in [-0.1, -0.05) is 26.0 Å². The molecule has 1 saturated heterocycles. The van der Waals surface area contributed by atoms with Crippen molar-refractivity contribution >= 4 is 35.0 Å². The summed E-state index contributed by atoms with van der Waals surface area (Å²) >= 11 is 0. The molecule has 6 aromatic rings. The SMILES string of the molecule is CCP(=O)(CC)c1ccc(-n2ccn(-c3c4c(nn3-c3cc(C)c(F)c(C)c3)CCN(C(=O)c3oc5cc(C6CCOCC6)ccc5c3C3(C#N)CC3)[C@H]4C)c2=O)cc1NC. The van der Waals surface area contributed by atoms with Gasteiger partial charge in [0.25, 0.3) is 5.91 Å². The van der Waals surface area contributed by atoms with Crippen molar-refractivity contribution in [3.8, 4) is 23.3 Å². The van der Waals surface area contributed by atoms with Crippen LogP contribution in [0.2, 0.25) is 0 Å². The molecule has 12 nitrogen and oxygen atoms in total. The van der Waals surface area contributed by atoms with Crippen molar-refractivity contribution in [1.82, 2.24) is 23.8 Å². The average Bonchev–Trinajstić information content (AvgIpc) is 3.61. The molecular weight excluding hydrogens is 793 g/mol. The Morgan fingerprint density at radius 3 is 2.38 bits per heavy atom. The highest BCUT2D eigenvalue weighted by atomic mass is 31.2. The van der Waals surface area contributed by atoms with Gasteiger partial charge in [-0.2, -0.15) is 10.4 Å². The van der Waals surface area contributed by atoms with E-state index in [2.05, 4.69) is 17.5 Å². The number of nitrogens with one attached hydrogen (secondary N) is 1. The van der Waals surface area contributed by atoms with Crippen molar-refractivity contribution in [2.75, 3.05) is 44.4 Å². The number of aryl methyl sites for hydroxylation is 2. The van der Waals surface area contributed by atoms with Crippen molar-refractivity contribution in [2.24, 2.45) is 0 Å². The third-order valence-corrected chi connectivity index (χ3v) is 16.7. The van der Waals surface area contributed by atoms with Crippen molar-refractivity contribution in [2.45, 2.75) is 84.1 Å². The Hall–Kier alpha value is -5.70. The van der Waals surface area contributed by atoms with Gasteiger partial charge in [-0.15, -0.1) is 0 Å². The molecule has 61 heavy (non-hydrogen) atoms. The first kappa shape index (κ1) is 40.7. The number of benzene rings is 3. The number of nitriles is 1. The molecular formula is C47H51FN7O5P. The summed E-state index contributed by atoms with van der Waals surface area (Å²) in [5.74, 6) is 0.288. The van der Waals surface area contributed by atoms with E-state index in [1.165, 1.54) is 9.13 Å². The minimum Gasteiger partial charge on any atom is -0.451 e. The molecule has 1 aliphatic carbocycles. The fourth-order valence-electron chi connectivity index (χ4n) is 9.61. The lowest BCUT2D eigenvalue weighted by atomic mass is 9.89. The summed E-state index contributed by atoms with van der Waals surface area (Å²) < 4.78 is 45.7. The summed E-state index contributed by atoms with van der Waals surface area (Å²) in [6.45, 7) is 10.9. The third kappa shape index (κ3) is 6.57. The molecule has 0 radical (unpaired) electrons. The number of carbonyl (C=O) groups excluding carboxylic acids is 1. The number of carbonyl (C=O) groups is 1. The Bertz CT molecular complexity index is 2860. The maximum Gasteiger partial charge on any atom is 0.338 e. The van der Waals surface area contributed by atoms with E-state index in [-0.39, 0.29) is 23.2 Å². The third-order valence-electron chi connectivity index (χ3n) is 13.4. The van der Waals surface area contributed by atoms with Crippen LogP contribution < -0.4 is 16.3 Å². The number of hydrogen-bond acceptors (Lipinski definition) is 8. The molecule has 1 N–H and O–H groups in total. The smallest absolute Gasteiger partial charge is 0.338 e. The predicted molar refractivity (Wildman–Crippen MR) is 234 cm³/mol. The fourth-order valence-corrected chi connectivity index (χ4v) is 11.7. The largest absolute Gasteiger partial charge is 0.451 e. The molecule has 3 aromatic carbocycles. The van der Waals surface area contributed by atoms with Crippen LogP contribution in [0.4, 0.5) is 10.1 Å². The van der Waals surface area contributed by atoms with E-state index >= 15 is 9.18 Å². The number of nitrogens with zero attached hydrogens (tertiary/aromatic N) is 6. The first-order chi connectivity index (χ1) is 29.4. The number of rotatable bonds is 10. The van der Waals surface area contributed by atoms with E-state index < -0.39 is 18.6 Å². The summed E-state index contributed by atoms with van der Waals surface area (Å²) in [4.78, 5) is 31.5. The Balaban J connectivity index is 1.16. The zero-order valence-corrected chi connectivity index (χ0v) is 36.4. The number of furan rings is 1. The van der Waals surface area contributed by atoms with Crippen LogP contribution in [0.1, 0.15) is 102 Å². The van der Waals surface area contributed by atoms with Gasteiger partial charge in [0.15, 0.2) is 5.76 Å². The van der Waals surface area contributed by atoms with Crippen molar-refractivity contribution in [1.29, 1.82) is 5.26 Å². The molecule has 0 bridgehead atoms. The molecule has 3 aliphatic rings. The minimum atomic E-state index is -2.64. The van der Waals surface area contributed by atoms with Gasteiger partial charge in [-0.05, 0) is 105 Å². The zero-order valence-electron chi connectivity index (χ0n) is 35.5. The number of fused-ring (bicyclic) bond motifs is 2. The van der Waals surface area contributed by atoms with Gasteiger partial charge in [0, 0.05) is 85.4 Å². The highest BCUT2D eigenvalue weighted by molar-refractivity contribution is 7.71. The van der Waals surface area contributed by atoms with Gasteiger partial charge in [0.1, 0.15) is 24.4 Å². The standard InChI is InChI=1S/C47H51FN7O5P/c1-7-61(58,8-2)39-12-10-33(26-37(39)50-6)53-19-20-54(46(53)57)44-40-30(5)52(18-13-36(40)51-55(44)34-23-28(3)42(48)29(4)24-34)45(56)43-41(47(27-49)16-17-47)35-11-9-32(25-38(35)60-43)31-14-21-59-22-15-31/h9-12,19-20,23-26,30-31,50H,7-8,13-18,21-22H2,1-6H3/t30-/m0/s1. The molecule has 0 unspecified atom stereocenters. The Morgan fingerprint density at radius 2 is 1.72 bits per heavy atom. The van der Waals surface area contributed by atoms with Gasteiger partial charge in [-0.3, -0.25) is 13.9 Å². The van der Waals surface area contributed by atoms with Crippen LogP contribution in [0, 0.1) is 31.0 Å². The minimum absolute atomic E-state index is 0.176. The van der Waals surface area contributed by atoms with Crippen LogP contribution in [0.25, 0.3) is 28.2 Å². The summed E-state index contributed by atoms with van der Waals surface area (Å²) in [7, 11) is -0.856. The lowest BCUT2D eigenvalue weighted by molar-refractivity contribution is 0.0644. The molecule has 1 amide bonds. The van der Waals surface area contributed by atoms with Gasteiger partial charge >= 0.3 is 5.69 Å². The van der Waals surface area contributed by atoms with E-state index in [0.717, 1.165) is 29.1 Å². The quantitative estimate of drug-likeness (QED) is 0.135. The van der Waals surface area contributed by atoms with Crippen LogP contribution in [-0.4, -0.2) is 68.9 Å². The molecule has 316 valence electrons. The number of halogens is 1. The maximum absolute atomic E-state index is 15.1. The lowest BCUT2D eigenvalue weighted by Gasteiger charge is -2.33. The zero-order chi connectivity index (χ0) is 43.0. The Labute approximate surface area is 354 Å². The van der Waals surface area contributed by atoms with Gasteiger partial charge in [0.2, 0.25) is 0 Å². The molecule has 14 heteroatoms. The highest BCUT2D eigenvalue weighted by Crippen LogP contribution is 2.53. The Morgan fingerprint density at radius 1 is 1.02 bits per heavy atom. The molecule has 1 saturated carbocycles. The van der Waals surface area contributed by atoms with E-state index in [0.29, 0.717) is 114 Å². The molecule has 2 aliphatic heterocycles. The van der Waals surface area contributed by atoms with E-state index in [9.17, 15) is 14.6 Å². The van der Waals surface area contributed by atoms with E-state index in [1.54, 1.807) is 55.0 Å². The fraction of sp³-hybridized carbons (Fsp3) is 0.404. The van der Waals surface area contributed by atoms with Crippen LogP contribution >= 0.6 is 7.14 Å². The summed E-state index contributed by atoms with van der Waals surface area (Å²) in [5.41, 5.74) is 5.30. The predicted octanol–water partition coefficient (Wildman–Crippen LogP) is 8.59. The van der Waals surface area contributed by atoms with Crippen LogP contribution in [0.3, 0.4) is 0 Å². The second-order valence-corrected chi connectivity index (χ2v) is 20.4. The maximum atomic E-state index is 15.1. The number of anilines is 1. The van der Waals surface area contributed by atoms with E-state index in [4.69, 9.17) is 14.3 Å². The van der Waals surface area contributed by atoms with Crippen LogP contribution in [0.15, 0.2) is 70.1 Å². The lowest BCUT2D eigenvalue weighted by Crippen LogP contribution is -2.39. The van der Waals surface area contributed by atoms with Crippen molar-refractivity contribution in [3.63, 3.8) is 0 Å². The second kappa shape index (κ2) is 15.3. The van der Waals surface area contributed by atoms with Crippen LogP contribution in [-0.2, 0) is 21.1 Å². The normalized spacial score (nSPS) is 17.7. The highest BCUT2D eigenvalue weighted by Gasteiger charge is 2.51. The molecule has 9 rings (SSSR count). The first-order valence-electron chi connectivity index (χ1n) is 21.3. The number of hydrogen-bond donors (Lipinski definition) is 1. The Kier molecular flexibility index (Phi) is 10.2. The monoisotopic (exact) mass is 843 g/mol. The van der Waals surface area contributed by atoms with Gasteiger partial charge in [-0.25, -0.2) is 13.9 Å². The molecule has 3 aromatic heterocycles. The van der Waals surface area contributed by atoms with Crippen molar-refractivity contribution < 1.29 is 22.9 Å². The summed E-state index contributed by atoms with van der Waals surface area (Å²) in [6.07, 6.45) is 7.90. The summed E-state index contributed by atoms with van der Waals surface area (Å²) in [5, 5.41) is 20.3. The summed E-state index contributed by atoms with van der Waals surface area (Å²) in [6, 6.07) is 17.0. The second-order valence-electron chi connectivity index (χ2n) is 16.9.